The van der Waals surface area contributed by atoms with Gasteiger partial charge in [-0.15, -0.1) is 0 Å². The SMILES string of the molecule is COC(c1noc(CNCC(C)C)n1)C1CCCCC1. The highest BCUT2D eigenvalue weighted by Gasteiger charge is 2.28. The van der Waals surface area contributed by atoms with Gasteiger partial charge in [0.05, 0.1) is 6.54 Å². The van der Waals surface area contributed by atoms with Crippen LogP contribution in [0.1, 0.15) is 63.8 Å². The standard InChI is InChI=1S/C15H27N3O2/c1-11(2)9-16-10-13-17-15(18-20-13)14(19-3)12-7-5-4-6-8-12/h11-12,14,16H,4-10H2,1-3H3. The van der Waals surface area contributed by atoms with E-state index in [9.17, 15) is 0 Å². The molecule has 5 heteroatoms. The predicted octanol–water partition coefficient (Wildman–Crippen LogP) is 3.08. The molecular weight excluding hydrogens is 254 g/mol. The van der Waals surface area contributed by atoms with Crippen LogP contribution in [0.25, 0.3) is 0 Å². The van der Waals surface area contributed by atoms with Gasteiger partial charge >= 0.3 is 0 Å². The van der Waals surface area contributed by atoms with Crippen molar-refractivity contribution in [2.45, 2.75) is 58.6 Å². The number of hydrogen-bond acceptors (Lipinski definition) is 5. The molecule has 1 fully saturated rings. The molecule has 114 valence electrons. The van der Waals surface area contributed by atoms with Crippen LogP contribution < -0.4 is 5.32 Å². The lowest BCUT2D eigenvalue weighted by molar-refractivity contribution is 0.0273. The van der Waals surface area contributed by atoms with Crippen molar-refractivity contribution in [3.8, 4) is 0 Å². The molecule has 0 aliphatic heterocycles. The number of nitrogens with zero attached hydrogens (tertiary/aromatic N) is 2. The summed E-state index contributed by atoms with van der Waals surface area (Å²) >= 11 is 0. The summed E-state index contributed by atoms with van der Waals surface area (Å²) in [7, 11) is 1.74. The molecule has 1 aromatic heterocycles. The van der Waals surface area contributed by atoms with E-state index in [1.165, 1.54) is 32.1 Å². The molecule has 0 spiro atoms. The van der Waals surface area contributed by atoms with Crippen LogP contribution in [0.4, 0.5) is 0 Å². The summed E-state index contributed by atoms with van der Waals surface area (Å²) in [5.41, 5.74) is 0. The third-order valence-electron chi connectivity index (χ3n) is 3.90. The van der Waals surface area contributed by atoms with E-state index < -0.39 is 0 Å². The van der Waals surface area contributed by atoms with Crippen LogP contribution >= 0.6 is 0 Å². The van der Waals surface area contributed by atoms with E-state index in [2.05, 4.69) is 29.3 Å². The van der Waals surface area contributed by atoms with Gasteiger partial charge in [0.1, 0.15) is 6.10 Å². The van der Waals surface area contributed by atoms with Gasteiger partial charge in [0.2, 0.25) is 11.7 Å². The molecule has 1 heterocycles. The van der Waals surface area contributed by atoms with Gasteiger partial charge in [-0.1, -0.05) is 38.3 Å². The monoisotopic (exact) mass is 281 g/mol. The second kappa shape index (κ2) is 7.74. The van der Waals surface area contributed by atoms with Crippen LogP contribution in [0.5, 0.6) is 0 Å². The topological polar surface area (TPSA) is 60.2 Å². The number of hydrogen-bond donors (Lipinski definition) is 1. The Balaban J connectivity index is 1.91. The highest BCUT2D eigenvalue weighted by molar-refractivity contribution is 4.95. The van der Waals surface area contributed by atoms with Crippen molar-refractivity contribution in [1.82, 2.24) is 15.5 Å². The zero-order valence-electron chi connectivity index (χ0n) is 12.9. The van der Waals surface area contributed by atoms with E-state index in [1.807, 2.05) is 0 Å². The van der Waals surface area contributed by atoms with Crippen molar-refractivity contribution in [3.05, 3.63) is 11.7 Å². The summed E-state index contributed by atoms with van der Waals surface area (Å²) in [4.78, 5) is 4.49. The van der Waals surface area contributed by atoms with E-state index in [-0.39, 0.29) is 6.10 Å². The molecule has 1 saturated carbocycles. The molecule has 1 N–H and O–H groups in total. The molecular formula is C15H27N3O2. The fourth-order valence-corrected chi connectivity index (χ4v) is 2.87. The molecule has 0 amide bonds. The predicted molar refractivity (Wildman–Crippen MR) is 77.2 cm³/mol. The first-order valence-electron chi connectivity index (χ1n) is 7.76. The van der Waals surface area contributed by atoms with E-state index in [1.54, 1.807) is 7.11 Å². The number of ether oxygens (including phenoxy) is 1. The lowest BCUT2D eigenvalue weighted by Gasteiger charge is -2.26. The molecule has 20 heavy (non-hydrogen) atoms. The maximum atomic E-state index is 5.63. The van der Waals surface area contributed by atoms with Gasteiger partial charge in [0.25, 0.3) is 0 Å². The first-order chi connectivity index (χ1) is 9.70. The van der Waals surface area contributed by atoms with Crippen molar-refractivity contribution in [2.24, 2.45) is 11.8 Å². The molecule has 0 saturated heterocycles. The maximum Gasteiger partial charge on any atom is 0.240 e. The highest BCUT2D eigenvalue weighted by atomic mass is 16.5. The summed E-state index contributed by atoms with van der Waals surface area (Å²) in [5, 5.41) is 7.42. The minimum Gasteiger partial charge on any atom is -0.373 e. The summed E-state index contributed by atoms with van der Waals surface area (Å²) in [6, 6.07) is 0. The van der Waals surface area contributed by atoms with Gasteiger partial charge in [-0.3, -0.25) is 0 Å². The van der Waals surface area contributed by atoms with Gasteiger partial charge in [-0.25, -0.2) is 0 Å². The van der Waals surface area contributed by atoms with Crippen LogP contribution in [-0.2, 0) is 11.3 Å². The maximum absolute atomic E-state index is 5.63. The van der Waals surface area contributed by atoms with E-state index in [0.717, 1.165) is 6.54 Å². The number of methoxy groups -OCH3 is 1. The number of aromatic nitrogens is 2. The van der Waals surface area contributed by atoms with Crippen molar-refractivity contribution < 1.29 is 9.26 Å². The minimum absolute atomic E-state index is 0.0158. The zero-order chi connectivity index (χ0) is 14.4. The highest BCUT2D eigenvalue weighted by Crippen LogP contribution is 2.35. The minimum atomic E-state index is -0.0158. The Hall–Kier alpha value is -0.940. The number of nitrogens with one attached hydrogen (secondary N) is 1. The second-order valence-corrected chi connectivity index (χ2v) is 6.13. The molecule has 0 radical (unpaired) electrons. The van der Waals surface area contributed by atoms with E-state index in [4.69, 9.17) is 9.26 Å². The van der Waals surface area contributed by atoms with Crippen LogP contribution in [0.15, 0.2) is 4.52 Å². The first-order valence-corrected chi connectivity index (χ1v) is 7.76. The third-order valence-corrected chi connectivity index (χ3v) is 3.90. The molecule has 1 aliphatic rings. The third kappa shape index (κ3) is 4.28. The fraction of sp³-hybridized carbons (Fsp3) is 0.867. The summed E-state index contributed by atoms with van der Waals surface area (Å²) < 4.78 is 10.9. The van der Waals surface area contributed by atoms with Crippen LogP contribution in [0, 0.1) is 11.8 Å². The molecule has 1 aromatic rings. The Morgan fingerprint density at radius 3 is 2.70 bits per heavy atom. The van der Waals surface area contributed by atoms with Crippen LogP contribution in [0.2, 0.25) is 0 Å². The van der Waals surface area contributed by atoms with E-state index >= 15 is 0 Å². The molecule has 1 unspecified atom stereocenters. The Kier molecular flexibility index (Phi) is 5.98. The quantitative estimate of drug-likeness (QED) is 0.832. The lowest BCUT2D eigenvalue weighted by atomic mass is 9.85. The first kappa shape index (κ1) is 15.4. The van der Waals surface area contributed by atoms with E-state index in [0.29, 0.717) is 30.1 Å². The summed E-state index contributed by atoms with van der Waals surface area (Å²) in [6.45, 7) is 5.94. The molecule has 1 atom stereocenters. The van der Waals surface area contributed by atoms with Gasteiger partial charge in [0.15, 0.2) is 0 Å². The fourth-order valence-electron chi connectivity index (χ4n) is 2.87. The largest absolute Gasteiger partial charge is 0.373 e. The smallest absolute Gasteiger partial charge is 0.240 e. The van der Waals surface area contributed by atoms with Crippen molar-refractivity contribution in [3.63, 3.8) is 0 Å². The van der Waals surface area contributed by atoms with Crippen molar-refractivity contribution >= 4 is 0 Å². The van der Waals surface area contributed by atoms with Gasteiger partial charge in [-0.05, 0) is 31.2 Å². The Morgan fingerprint density at radius 2 is 2.05 bits per heavy atom. The summed E-state index contributed by atoms with van der Waals surface area (Å²) in [6.07, 6.45) is 6.29. The number of rotatable bonds is 7. The second-order valence-electron chi connectivity index (χ2n) is 6.13. The molecule has 0 bridgehead atoms. The average Bonchev–Trinajstić information content (AvgIpc) is 2.89. The Morgan fingerprint density at radius 1 is 1.30 bits per heavy atom. The molecule has 5 nitrogen and oxygen atoms in total. The van der Waals surface area contributed by atoms with Gasteiger partial charge in [-0.2, -0.15) is 4.98 Å². The average molecular weight is 281 g/mol. The van der Waals surface area contributed by atoms with Crippen molar-refractivity contribution in [2.75, 3.05) is 13.7 Å². The Labute approximate surface area is 121 Å². The Bertz CT molecular complexity index is 386. The van der Waals surface area contributed by atoms with Crippen molar-refractivity contribution in [1.29, 1.82) is 0 Å². The lowest BCUT2D eigenvalue weighted by Crippen LogP contribution is -2.20. The van der Waals surface area contributed by atoms with Gasteiger partial charge < -0.3 is 14.6 Å². The molecule has 2 rings (SSSR count). The summed E-state index contributed by atoms with van der Waals surface area (Å²) in [5.74, 6) is 2.51. The normalized spacial score (nSPS) is 18.6. The van der Waals surface area contributed by atoms with Gasteiger partial charge in [0, 0.05) is 7.11 Å². The van der Waals surface area contributed by atoms with Crippen LogP contribution in [0.3, 0.4) is 0 Å². The van der Waals surface area contributed by atoms with Crippen LogP contribution in [-0.4, -0.2) is 23.8 Å². The zero-order valence-corrected chi connectivity index (χ0v) is 12.9. The molecule has 1 aliphatic carbocycles. The molecule has 0 aromatic carbocycles.